The highest BCUT2D eigenvalue weighted by atomic mass is 79.9. The summed E-state index contributed by atoms with van der Waals surface area (Å²) in [6.07, 6.45) is 3.12. The largest absolute Gasteiger partial charge is 0.330 e. The van der Waals surface area contributed by atoms with E-state index in [1.165, 1.54) is 10.8 Å². The van der Waals surface area contributed by atoms with Crippen molar-refractivity contribution in [3.05, 3.63) is 51.1 Å². The molecule has 2 aromatic rings. The first-order valence-corrected chi connectivity index (χ1v) is 4.98. The Kier molecular flexibility index (Phi) is 2.44. The maximum atomic E-state index is 11.4. The number of nitrogens with zero attached hydrogens (tertiary/aromatic N) is 2. The van der Waals surface area contributed by atoms with Crippen LogP contribution in [0.15, 0.2) is 39.9 Å². The predicted octanol–water partition coefficient (Wildman–Crippen LogP) is 1.80. The summed E-state index contributed by atoms with van der Waals surface area (Å²) < 4.78 is 2.22. The molecule has 0 spiro atoms. The van der Waals surface area contributed by atoms with E-state index in [4.69, 9.17) is 5.26 Å². The van der Waals surface area contributed by atoms with Gasteiger partial charge < -0.3 is 4.98 Å². The van der Waals surface area contributed by atoms with Gasteiger partial charge in [0.2, 0.25) is 0 Å². The van der Waals surface area contributed by atoms with Gasteiger partial charge in [-0.3, -0.25) is 4.57 Å². The smallest absolute Gasteiger partial charge is 0.312 e. The molecule has 0 unspecified atom stereocenters. The number of hydrogen-bond donors (Lipinski definition) is 1. The Labute approximate surface area is 93.9 Å². The van der Waals surface area contributed by atoms with Crippen LogP contribution >= 0.6 is 15.9 Å². The van der Waals surface area contributed by atoms with Crippen LogP contribution in [0.2, 0.25) is 0 Å². The maximum Gasteiger partial charge on any atom is 0.330 e. The summed E-state index contributed by atoms with van der Waals surface area (Å²) in [6.45, 7) is 0. The molecule has 1 aromatic heterocycles. The lowest BCUT2D eigenvalue weighted by Gasteiger charge is -2.03. The van der Waals surface area contributed by atoms with E-state index in [-0.39, 0.29) is 5.69 Å². The predicted molar refractivity (Wildman–Crippen MR) is 58.8 cm³/mol. The lowest BCUT2D eigenvalue weighted by atomic mass is 10.2. The molecule has 1 aromatic carbocycles. The number of nitriles is 1. The van der Waals surface area contributed by atoms with E-state index in [2.05, 4.69) is 20.9 Å². The van der Waals surface area contributed by atoms with Crippen LogP contribution in [0.3, 0.4) is 0 Å². The summed E-state index contributed by atoms with van der Waals surface area (Å²) >= 11 is 3.30. The number of H-pyrrole nitrogens is 1. The van der Waals surface area contributed by atoms with Crippen molar-refractivity contribution in [3.8, 4) is 11.8 Å². The molecule has 0 aliphatic carbocycles. The van der Waals surface area contributed by atoms with Gasteiger partial charge in [0.25, 0.3) is 0 Å². The first kappa shape index (κ1) is 9.74. The molecule has 0 aliphatic heterocycles. The van der Waals surface area contributed by atoms with Gasteiger partial charge in [-0.2, -0.15) is 5.26 Å². The molecule has 5 heteroatoms. The van der Waals surface area contributed by atoms with Crippen LogP contribution in [-0.4, -0.2) is 9.55 Å². The van der Waals surface area contributed by atoms with Crippen molar-refractivity contribution in [3.63, 3.8) is 0 Å². The van der Waals surface area contributed by atoms with Crippen LogP contribution in [-0.2, 0) is 0 Å². The Morgan fingerprint density at radius 2 is 2.27 bits per heavy atom. The third-order valence-corrected chi connectivity index (χ3v) is 2.48. The van der Waals surface area contributed by atoms with Gasteiger partial charge in [-0.05, 0) is 18.2 Å². The van der Waals surface area contributed by atoms with E-state index in [0.717, 1.165) is 4.47 Å². The molecular weight excluding hydrogens is 258 g/mol. The molecule has 0 saturated carbocycles. The Balaban J connectivity index is 2.73. The third kappa shape index (κ3) is 1.72. The summed E-state index contributed by atoms with van der Waals surface area (Å²) in [5.74, 6) is 0. The molecular formula is C10H6BrN3O. The number of imidazole rings is 1. The summed E-state index contributed by atoms with van der Waals surface area (Å²) in [7, 11) is 0. The average Bonchev–Trinajstić information content (AvgIpc) is 2.64. The molecule has 1 heterocycles. The molecule has 0 amide bonds. The van der Waals surface area contributed by atoms with Crippen LogP contribution in [0.25, 0.3) is 5.69 Å². The van der Waals surface area contributed by atoms with Gasteiger partial charge in [0, 0.05) is 16.9 Å². The van der Waals surface area contributed by atoms with Crippen LogP contribution in [0, 0.1) is 11.3 Å². The summed E-state index contributed by atoms with van der Waals surface area (Å²) in [4.78, 5) is 13.9. The second-order valence-electron chi connectivity index (χ2n) is 2.91. The highest BCUT2D eigenvalue weighted by Gasteiger charge is 2.06. The Morgan fingerprint density at radius 3 is 2.87 bits per heavy atom. The molecule has 15 heavy (non-hydrogen) atoms. The number of aromatic amines is 1. The molecule has 0 atom stereocenters. The van der Waals surface area contributed by atoms with Crippen LogP contribution in [0.5, 0.6) is 0 Å². The van der Waals surface area contributed by atoms with Gasteiger partial charge >= 0.3 is 5.69 Å². The van der Waals surface area contributed by atoms with Crippen molar-refractivity contribution in [2.45, 2.75) is 0 Å². The zero-order chi connectivity index (χ0) is 10.8. The minimum Gasteiger partial charge on any atom is -0.312 e. The summed E-state index contributed by atoms with van der Waals surface area (Å²) in [5, 5.41) is 8.91. The number of halogens is 1. The van der Waals surface area contributed by atoms with Gasteiger partial charge in [0.05, 0.1) is 11.3 Å². The Hall–Kier alpha value is -1.80. The number of rotatable bonds is 1. The minimum absolute atomic E-state index is 0.260. The lowest BCUT2D eigenvalue weighted by Crippen LogP contribution is -2.15. The second-order valence-corrected chi connectivity index (χ2v) is 3.82. The molecule has 0 aliphatic rings. The molecule has 0 radical (unpaired) electrons. The second kappa shape index (κ2) is 3.75. The Bertz CT molecular complexity index is 591. The molecule has 0 bridgehead atoms. The van der Waals surface area contributed by atoms with E-state index in [1.54, 1.807) is 24.4 Å². The number of benzene rings is 1. The zero-order valence-corrected chi connectivity index (χ0v) is 9.15. The lowest BCUT2D eigenvalue weighted by molar-refractivity contribution is 0.981. The minimum atomic E-state index is -0.260. The maximum absolute atomic E-state index is 11.4. The standard InChI is InChI=1S/C10H6BrN3O/c11-8-2-1-7(6-12)9(5-8)14-4-3-13-10(14)15/h1-5H,(H,13,15). The average molecular weight is 264 g/mol. The normalized spacial score (nSPS) is 9.87. The number of nitrogens with one attached hydrogen (secondary N) is 1. The molecule has 0 saturated heterocycles. The van der Waals surface area contributed by atoms with Crippen molar-refractivity contribution in [2.24, 2.45) is 0 Å². The first-order chi connectivity index (χ1) is 7.22. The van der Waals surface area contributed by atoms with E-state index in [1.807, 2.05) is 6.07 Å². The molecule has 2 rings (SSSR count). The monoisotopic (exact) mass is 263 g/mol. The fraction of sp³-hybridized carbons (Fsp3) is 0. The number of hydrogen-bond acceptors (Lipinski definition) is 2. The third-order valence-electron chi connectivity index (χ3n) is 1.99. The van der Waals surface area contributed by atoms with Crippen molar-refractivity contribution in [1.29, 1.82) is 5.26 Å². The molecule has 4 nitrogen and oxygen atoms in total. The summed E-state index contributed by atoms with van der Waals surface area (Å²) in [5.41, 5.74) is 0.766. The van der Waals surface area contributed by atoms with Crippen molar-refractivity contribution >= 4 is 15.9 Å². The van der Waals surface area contributed by atoms with E-state index in [0.29, 0.717) is 11.3 Å². The molecule has 74 valence electrons. The van der Waals surface area contributed by atoms with Crippen LogP contribution < -0.4 is 5.69 Å². The van der Waals surface area contributed by atoms with Crippen molar-refractivity contribution in [2.75, 3.05) is 0 Å². The SMILES string of the molecule is N#Cc1ccc(Br)cc1-n1cc[nH]c1=O. The Morgan fingerprint density at radius 1 is 1.47 bits per heavy atom. The first-order valence-electron chi connectivity index (χ1n) is 4.18. The molecule has 0 fully saturated rings. The van der Waals surface area contributed by atoms with Crippen molar-refractivity contribution < 1.29 is 0 Å². The summed E-state index contributed by atoms with van der Waals surface area (Å²) in [6, 6.07) is 7.20. The van der Waals surface area contributed by atoms with Gasteiger partial charge in [0.15, 0.2) is 0 Å². The highest BCUT2D eigenvalue weighted by molar-refractivity contribution is 9.10. The van der Waals surface area contributed by atoms with E-state index < -0.39 is 0 Å². The van der Waals surface area contributed by atoms with Crippen LogP contribution in [0.4, 0.5) is 0 Å². The van der Waals surface area contributed by atoms with Gasteiger partial charge in [-0.15, -0.1) is 0 Å². The van der Waals surface area contributed by atoms with E-state index >= 15 is 0 Å². The topological polar surface area (TPSA) is 61.6 Å². The quantitative estimate of drug-likeness (QED) is 0.853. The van der Waals surface area contributed by atoms with Crippen molar-refractivity contribution in [1.82, 2.24) is 9.55 Å². The molecule has 1 N–H and O–H groups in total. The zero-order valence-electron chi connectivity index (χ0n) is 7.57. The van der Waals surface area contributed by atoms with E-state index in [9.17, 15) is 4.79 Å². The number of aromatic nitrogens is 2. The van der Waals surface area contributed by atoms with Gasteiger partial charge in [-0.25, -0.2) is 4.79 Å². The fourth-order valence-corrected chi connectivity index (χ4v) is 1.66. The fourth-order valence-electron chi connectivity index (χ4n) is 1.31. The van der Waals surface area contributed by atoms with Crippen LogP contribution in [0.1, 0.15) is 5.56 Å². The highest BCUT2D eigenvalue weighted by Crippen LogP contribution is 2.18. The van der Waals surface area contributed by atoms with Gasteiger partial charge in [0.1, 0.15) is 6.07 Å². The van der Waals surface area contributed by atoms with Gasteiger partial charge in [-0.1, -0.05) is 15.9 Å².